The van der Waals surface area contributed by atoms with Crippen LogP contribution < -0.4 is 10.6 Å². The summed E-state index contributed by atoms with van der Waals surface area (Å²) in [5.74, 6) is 1.04. The third kappa shape index (κ3) is 2.80. The topological polar surface area (TPSA) is 42.1 Å². The van der Waals surface area contributed by atoms with Crippen LogP contribution in [-0.2, 0) is 12.8 Å². The van der Waals surface area contributed by atoms with Crippen molar-refractivity contribution in [2.45, 2.75) is 51.4 Å². The van der Waals surface area contributed by atoms with E-state index >= 15 is 0 Å². The molecule has 2 aliphatic rings. The maximum Gasteiger partial charge on any atom is 0.139 e. The Balaban J connectivity index is 2.00. The monoisotopic (exact) mass is 289 g/mol. The summed E-state index contributed by atoms with van der Waals surface area (Å²) in [6, 6.07) is 2.21. The summed E-state index contributed by atoms with van der Waals surface area (Å²) in [4.78, 5) is 7.85. The summed E-state index contributed by atoms with van der Waals surface area (Å²) in [6.45, 7) is 2.17. The standard InChI is InChI=1S/C16H23N3S/c17-15(20)13-11-12-7-3-4-8-14(12)18-16(13)19-9-5-1-2-6-10-19/h11H,1-10H2,(H2,17,20). The van der Waals surface area contributed by atoms with Gasteiger partial charge in [0.15, 0.2) is 0 Å². The fourth-order valence-corrected chi connectivity index (χ4v) is 3.48. The Hall–Kier alpha value is -1.16. The van der Waals surface area contributed by atoms with Crippen molar-refractivity contribution in [1.29, 1.82) is 0 Å². The minimum Gasteiger partial charge on any atom is -0.389 e. The lowest BCUT2D eigenvalue weighted by molar-refractivity contribution is 0.663. The Labute approximate surface area is 126 Å². The third-order valence-corrected chi connectivity index (χ3v) is 4.67. The summed E-state index contributed by atoms with van der Waals surface area (Å²) in [5.41, 5.74) is 9.58. The van der Waals surface area contributed by atoms with Crippen molar-refractivity contribution in [3.63, 3.8) is 0 Å². The van der Waals surface area contributed by atoms with Crippen molar-refractivity contribution in [1.82, 2.24) is 4.98 Å². The summed E-state index contributed by atoms with van der Waals surface area (Å²) < 4.78 is 0. The highest BCUT2D eigenvalue weighted by atomic mass is 32.1. The Morgan fingerprint density at radius 3 is 2.45 bits per heavy atom. The number of anilines is 1. The molecule has 20 heavy (non-hydrogen) atoms. The number of hydrogen-bond donors (Lipinski definition) is 1. The molecule has 0 atom stereocenters. The molecule has 2 heterocycles. The second-order valence-electron chi connectivity index (χ2n) is 5.94. The summed E-state index contributed by atoms with van der Waals surface area (Å²) in [6.07, 6.45) is 9.88. The highest BCUT2D eigenvalue weighted by Crippen LogP contribution is 2.28. The quantitative estimate of drug-likeness (QED) is 0.850. The number of nitrogens with zero attached hydrogens (tertiary/aromatic N) is 2. The van der Waals surface area contributed by atoms with E-state index in [1.54, 1.807) is 0 Å². The minimum absolute atomic E-state index is 0.491. The van der Waals surface area contributed by atoms with Crippen LogP contribution in [0.2, 0.25) is 0 Å². The molecular weight excluding hydrogens is 266 g/mol. The van der Waals surface area contributed by atoms with Crippen molar-refractivity contribution in [2.24, 2.45) is 5.73 Å². The summed E-state index contributed by atoms with van der Waals surface area (Å²) >= 11 is 5.27. The zero-order valence-electron chi connectivity index (χ0n) is 12.0. The van der Waals surface area contributed by atoms with Crippen LogP contribution in [-0.4, -0.2) is 23.1 Å². The van der Waals surface area contributed by atoms with Gasteiger partial charge in [-0.05, 0) is 50.2 Å². The molecule has 0 bridgehead atoms. The first-order chi connectivity index (χ1) is 9.75. The van der Waals surface area contributed by atoms with Gasteiger partial charge in [-0.25, -0.2) is 4.98 Å². The van der Waals surface area contributed by atoms with E-state index in [0.29, 0.717) is 4.99 Å². The van der Waals surface area contributed by atoms with E-state index in [0.717, 1.165) is 37.3 Å². The van der Waals surface area contributed by atoms with Crippen molar-refractivity contribution in [3.05, 3.63) is 22.9 Å². The SMILES string of the molecule is NC(=S)c1cc2c(nc1N1CCCCCC1)CCCC2. The normalized spacial score (nSPS) is 19.3. The van der Waals surface area contributed by atoms with E-state index in [1.165, 1.54) is 49.8 Å². The smallest absolute Gasteiger partial charge is 0.139 e. The van der Waals surface area contributed by atoms with E-state index in [9.17, 15) is 0 Å². The van der Waals surface area contributed by atoms with E-state index < -0.39 is 0 Å². The van der Waals surface area contributed by atoms with Crippen LogP contribution in [0.25, 0.3) is 0 Å². The molecule has 1 aliphatic carbocycles. The molecule has 1 aromatic rings. The maximum atomic E-state index is 5.96. The van der Waals surface area contributed by atoms with Crippen LogP contribution in [0.4, 0.5) is 5.82 Å². The molecule has 0 aromatic carbocycles. The molecular formula is C16H23N3S. The molecule has 0 unspecified atom stereocenters. The number of aromatic nitrogens is 1. The number of hydrogen-bond acceptors (Lipinski definition) is 3. The van der Waals surface area contributed by atoms with Crippen molar-refractivity contribution >= 4 is 23.0 Å². The van der Waals surface area contributed by atoms with Gasteiger partial charge in [0.2, 0.25) is 0 Å². The largest absolute Gasteiger partial charge is 0.389 e. The average Bonchev–Trinajstić information content (AvgIpc) is 2.74. The maximum absolute atomic E-state index is 5.96. The van der Waals surface area contributed by atoms with Gasteiger partial charge in [0.25, 0.3) is 0 Å². The number of fused-ring (bicyclic) bond motifs is 1. The van der Waals surface area contributed by atoms with Gasteiger partial charge in [-0.3, -0.25) is 0 Å². The third-order valence-electron chi connectivity index (χ3n) is 4.45. The zero-order chi connectivity index (χ0) is 13.9. The fourth-order valence-electron chi connectivity index (χ4n) is 3.33. The average molecular weight is 289 g/mol. The number of pyridine rings is 1. The van der Waals surface area contributed by atoms with Crippen LogP contribution in [0.1, 0.15) is 55.3 Å². The number of nitrogens with two attached hydrogens (primary N) is 1. The molecule has 108 valence electrons. The lowest BCUT2D eigenvalue weighted by Crippen LogP contribution is -2.29. The number of thiocarbonyl (C=S) groups is 1. The van der Waals surface area contributed by atoms with E-state index in [4.69, 9.17) is 22.9 Å². The van der Waals surface area contributed by atoms with E-state index in [-0.39, 0.29) is 0 Å². The van der Waals surface area contributed by atoms with Gasteiger partial charge in [0.05, 0.1) is 5.56 Å². The van der Waals surface area contributed by atoms with Gasteiger partial charge in [-0.1, -0.05) is 25.1 Å². The van der Waals surface area contributed by atoms with E-state index in [1.807, 2.05) is 0 Å². The molecule has 4 heteroatoms. The molecule has 2 N–H and O–H groups in total. The van der Waals surface area contributed by atoms with Gasteiger partial charge < -0.3 is 10.6 Å². The molecule has 1 saturated heterocycles. The van der Waals surface area contributed by atoms with Gasteiger partial charge in [-0.15, -0.1) is 0 Å². The van der Waals surface area contributed by atoms with Crippen LogP contribution >= 0.6 is 12.2 Å². The molecule has 3 rings (SSSR count). The minimum atomic E-state index is 0.491. The van der Waals surface area contributed by atoms with Crippen LogP contribution in [0.3, 0.4) is 0 Å². The zero-order valence-corrected chi connectivity index (χ0v) is 12.8. The van der Waals surface area contributed by atoms with Crippen LogP contribution in [0.15, 0.2) is 6.07 Å². The fraction of sp³-hybridized carbons (Fsp3) is 0.625. The first kappa shape index (κ1) is 13.8. The highest BCUT2D eigenvalue weighted by molar-refractivity contribution is 7.80. The van der Waals surface area contributed by atoms with Crippen molar-refractivity contribution in [3.8, 4) is 0 Å². The molecule has 1 fully saturated rings. The van der Waals surface area contributed by atoms with Gasteiger partial charge in [0.1, 0.15) is 10.8 Å². The highest BCUT2D eigenvalue weighted by Gasteiger charge is 2.21. The van der Waals surface area contributed by atoms with Gasteiger partial charge in [0, 0.05) is 18.8 Å². The molecule has 0 amide bonds. The molecule has 0 radical (unpaired) electrons. The Morgan fingerprint density at radius 1 is 1.05 bits per heavy atom. The van der Waals surface area contributed by atoms with Crippen molar-refractivity contribution < 1.29 is 0 Å². The second kappa shape index (κ2) is 6.08. The Kier molecular flexibility index (Phi) is 4.20. The molecule has 0 spiro atoms. The first-order valence-electron chi connectivity index (χ1n) is 7.83. The van der Waals surface area contributed by atoms with Crippen LogP contribution in [0.5, 0.6) is 0 Å². The predicted molar refractivity (Wildman–Crippen MR) is 87.4 cm³/mol. The number of rotatable bonds is 2. The molecule has 1 aliphatic heterocycles. The van der Waals surface area contributed by atoms with E-state index in [2.05, 4.69) is 11.0 Å². The number of aryl methyl sites for hydroxylation is 2. The van der Waals surface area contributed by atoms with Crippen molar-refractivity contribution in [2.75, 3.05) is 18.0 Å². The van der Waals surface area contributed by atoms with Gasteiger partial charge in [-0.2, -0.15) is 0 Å². The predicted octanol–water partition coefficient (Wildman–Crippen LogP) is 2.98. The van der Waals surface area contributed by atoms with Gasteiger partial charge >= 0.3 is 0 Å². The first-order valence-corrected chi connectivity index (χ1v) is 8.24. The molecule has 1 aromatic heterocycles. The lowest BCUT2D eigenvalue weighted by atomic mass is 9.94. The summed E-state index contributed by atoms with van der Waals surface area (Å²) in [7, 11) is 0. The molecule has 0 saturated carbocycles. The Morgan fingerprint density at radius 2 is 1.75 bits per heavy atom. The van der Waals surface area contributed by atoms with Crippen LogP contribution in [0, 0.1) is 0 Å². The summed E-state index contributed by atoms with van der Waals surface area (Å²) in [5, 5.41) is 0. The lowest BCUT2D eigenvalue weighted by Gasteiger charge is -2.26. The Bertz CT molecular complexity index is 505. The second-order valence-corrected chi connectivity index (χ2v) is 6.38. The molecule has 3 nitrogen and oxygen atoms in total.